The van der Waals surface area contributed by atoms with Crippen LogP contribution in [0.5, 0.6) is 5.75 Å². The molecule has 2 amide bonds. The minimum atomic E-state index is -1.64. The number of methoxy groups -OCH3 is 1. The van der Waals surface area contributed by atoms with Crippen molar-refractivity contribution in [2.75, 3.05) is 18.2 Å². The summed E-state index contributed by atoms with van der Waals surface area (Å²) in [4.78, 5) is 37.5. The molecule has 0 spiro atoms. The first-order chi connectivity index (χ1) is 17.9. The number of hydrogen-bond donors (Lipinski definition) is 5. The van der Waals surface area contributed by atoms with Crippen LogP contribution in [0.3, 0.4) is 0 Å². The molecule has 37 heavy (non-hydrogen) atoms. The van der Waals surface area contributed by atoms with E-state index in [2.05, 4.69) is 20.3 Å². The van der Waals surface area contributed by atoms with Crippen LogP contribution in [0.2, 0.25) is 0 Å². The minimum Gasteiger partial charge on any atom is -0.496 e. The number of nitrogen functional groups attached to an aromatic ring is 1. The number of nitrogens with zero attached hydrogens (tertiary/aromatic N) is 2. The topological polar surface area (TPSA) is 169 Å². The van der Waals surface area contributed by atoms with E-state index in [4.69, 9.17) is 16.2 Å². The van der Waals surface area contributed by atoms with E-state index in [0.717, 1.165) is 0 Å². The van der Waals surface area contributed by atoms with Crippen molar-refractivity contribution in [3.05, 3.63) is 89.6 Å². The lowest BCUT2D eigenvalue weighted by molar-refractivity contribution is -0.124. The molecule has 0 bridgehead atoms. The molecule has 0 saturated carbocycles. The lowest BCUT2D eigenvalue weighted by Crippen LogP contribution is -2.35. The lowest BCUT2D eigenvalue weighted by atomic mass is 9.83. The molecule has 0 aliphatic carbocycles. The van der Waals surface area contributed by atoms with Gasteiger partial charge in [-0.3, -0.25) is 9.59 Å². The zero-order valence-corrected chi connectivity index (χ0v) is 19.8. The van der Waals surface area contributed by atoms with Crippen LogP contribution in [-0.2, 0) is 4.79 Å². The molecule has 0 aliphatic rings. The Balaban J connectivity index is 1.63. The number of carbonyl (C=O) groups is 2. The number of aromatic amines is 1. The van der Waals surface area contributed by atoms with Crippen LogP contribution in [0.1, 0.15) is 27.5 Å². The van der Waals surface area contributed by atoms with Crippen LogP contribution in [-0.4, -0.2) is 45.1 Å². The van der Waals surface area contributed by atoms with Gasteiger partial charge >= 0.3 is 0 Å². The normalized spacial score (nSPS) is 12.8. The van der Waals surface area contributed by atoms with Crippen LogP contribution >= 0.6 is 0 Å². The highest BCUT2D eigenvalue weighted by Gasteiger charge is 2.36. The third kappa shape index (κ3) is 4.41. The SMILES string of the molecule is COc1c(C(c2ccccc2)C(O)C(=O)Nc2ccc3nc(N)[nH]c3c2)c(C(N)=O)nc2ccccc12. The van der Waals surface area contributed by atoms with Gasteiger partial charge in [-0.2, -0.15) is 0 Å². The van der Waals surface area contributed by atoms with Crippen LogP contribution in [0.4, 0.5) is 11.6 Å². The molecule has 186 valence electrons. The number of primary amides is 1. The Morgan fingerprint density at radius 2 is 1.73 bits per heavy atom. The number of aliphatic hydroxyl groups excluding tert-OH is 1. The van der Waals surface area contributed by atoms with Crippen LogP contribution in [0.25, 0.3) is 21.9 Å². The van der Waals surface area contributed by atoms with E-state index in [9.17, 15) is 14.7 Å². The summed E-state index contributed by atoms with van der Waals surface area (Å²) >= 11 is 0. The fourth-order valence-corrected chi connectivity index (χ4v) is 4.53. The maximum atomic E-state index is 13.4. The Kier molecular flexibility index (Phi) is 6.16. The van der Waals surface area contributed by atoms with E-state index in [-0.39, 0.29) is 17.2 Å². The molecule has 2 unspecified atom stereocenters. The molecule has 2 aromatic heterocycles. The maximum absolute atomic E-state index is 13.4. The summed E-state index contributed by atoms with van der Waals surface area (Å²) in [7, 11) is 1.45. The molecule has 7 N–H and O–H groups in total. The van der Waals surface area contributed by atoms with Crippen molar-refractivity contribution in [3.63, 3.8) is 0 Å². The minimum absolute atomic E-state index is 0.0920. The van der Waals surface area contributed by atoms with Crippen LogP contribution in [0, 0.1) is 0 Å². The average Bonchev–Trinajstić information content (AvgIpc) is 3.28. The highest BCUT2D eigenvalue weighted by atomic mass is 16.5. The molecule has 3 aromatic carbocycles. The van der Waals surface area contributed by atoms with Crippen molar-refractivity contribution in [1.29, 1.82) is 0 Å². The summed E-state index contributed by atoms with van der Waals surface area (Å²) in [6, 6.07) is 21.0. The second kappa shape index (κ2) is 9.59. The fraction of sp³-hybridized carbons (Fsp3) is 0.111. The van der Waals surface area contributed by atoms with Gasteiger partial charge in [0.15, 0.2) is 5.95 Å². The number of fused-ring (bicyclic) bond motifs is 2. The van der Waals surface area contributed by atoms with E-state index in [1.807, 2.05) is 6.07 Å². The van der Waals surface area contributed by atoms with Crippen LogP contribution in [0.15, 0.2) is 72.8 Å². The third-order valence-electron chi connectivity index (χ3n) is 6.14. The highest BCUT2D eigenvalue weighted by molar-refractivity contribution is 6.01. The number of ether oxygens (including phenoxy) is 1. The summed E-state index contributed by atoms with van der Waals surface area (Å²) in [6.07, 6.45) is -1.64. The predicted molar refractivity (Wildman–Crippen MR) is 140 cm³/mol. The largest absolute Gasteiger partial charge is 0.496 e. The van der Waals surface area contributed by atoms with E-state index in [1.54, 1.807) is 66.7 Å². The van der Waals surface area contributed by atoms with E-state index >= 15 is 0 Å². The number of H-pyrrole nitrogens is 1. The number of carbonyl (C=O) groups excluding carboxylic acids is 2. The van der Waals surface area contributed by atoms with Crippen molar-refractivity contribution >= 4 is 45.4 Å². The summed E-state index contributed by atoms with van der Waals surface area (Å²) in [5.41, 5.74) is 14.3. The van der Waals surface area contributed by atoms with Crippen molar-refractivity contribution in [1.82, 2.24) is 15.0 Å². The van der Waals surface area contributed by atoms with Crippen molar-refractivity contribution in [3.8, 4) is 5.75 Å². The Morgan fingerprint density at radius 1 is 1.00 bits per heavy atom. The maximum Gasteiger partial charge on any atom is 0.267 e. The molecule has 0 aliphatic heterocycles. The number of anilines is 2. The van der Waals surface area contributed by atoms with E-state index < -0.39 is 23.8 Å². The molecule has 10 nitrogen and oxygen atoms in total. The Bertz CT molecular complexity index is 1630. The standard InChI is InChI=1S/C27H24N6O4/c1-37-24-16-9-5-6-10-17(16)31-22(25(28)35)21(24)20(14-7-3-2-4-8-14)23(34)26(36)30-15-11-12-18-19(13-15)33-27(29)32-18/h2-13,20,23,34H,1H3,(H2,28,35)(H,30,36)(H3,29,32,33). The molecular formula is C27H24N6O4. The summed E-state index contributed by atoms with van der Waals surface area (Å²) in [5, 5.41) is 14.8. The van der Waals surface area contributed by atoms with Crippen molar-refractivity contribution in [2.24, 2.45) is 5.73 Å². The van der Waals surface area contributed by atoms with Gasteiger partial charge in [-0.15, -0.1) is 0 Å². The van der Waals surface area contributed by atoms with Gasteiger partial charge in [0.05, 0.1) is 29.6 Å². The van der Waals surface area contributed by atoms with Gasteiger partial charge in [-0.25, -0.2) is 9.97 Å². The molecule has 2 heterocycles. The lowest BCUT2D eigenvalue weighted by Gasteiger charge is -2.27. The second-order valence-corrected chi connectivity index (χ2v) is 8.47. The molecule has 0 fully saturated rings. The molecular weight excluding hydrogens is 472 g/mol. The number of amides is 2. The number of nitrogens with two attached hydrogens (primary N) is 2. The van der Waals surface area contributed by atoms with E-state index in [1.165, 1.54) is 7.11 Å². The number of pyridine rings is 1. The number of aliphatic hydroxyl groups is 1. The zero-order chi connectivity index (χ0) is 26.1. The first-order valence-electron chi connectivity index (χ1n) is 11.4. The smallest absolute Gasteiger partial charge is 0.267 e. The zero-order valence-electron chi connectivity index (χ0n) is 19.8. The van der Waals surface area contributed by atoms with Gasteiger partial charge < -0.3 is 31.6 Å². The quantitative estimate of drug-likeness (QED) is 0.231. The van der Waals surface area contributed by atoms with E-state index in [0.29, 0.717) is 38.9 Å². The third-order valence-corrected chi connectivity index (χ3v) is 6.14. The Labute approximate surface area is 211 Å². The summed E-state index contributed by atoms with van der Waals surface area (Å²) < 4.78 is 5.74. The molecule has 2 atom stereocenters. The molecule has 10 heteroatoms. The summed E-state index contributed by atoms with van der Waals surface area (Å²) in [5.74, 6) is -1.99. The number of hydrogen-bond acceptors (Lipinski definition) is 7. The number of imidazole rings is 1. The second-order valence-electron chi connectivity index (χ2n) is 8.47. The highest BCUT2D eigenvalue weighted by Crippen LogP contribution is 2.40. The number of para-hydroxylation sites is 1. The number of benzene rings is 3. The average molecular weight is 497 g/mol. The van der Waals surface area contributed by atoms with Crippen molar-refractivity contribution in [2.45, 2.75) is 12.0 Å². The first kappa shape index (κ1) is 23.8. The fourth-order valence-electron chi connectivity index (χ4n) is 4.53. The van der Waals surface area contributed by atoms with Gasteiger partial charge in [0.1, 0.15) is 17.5 Å². The number of aromatic nitrogens is 3. The van der Waals surface area contributed by atoms with Gasteiger partial charge in [0.2, 0.25) is 0 Å². The Morgan fingerprint density at radius 3 is 2.46 bits per heavy atom. The molecule has 5 rings (SSSR count). The molecule has 0 saturated heterocycles. The van der Waals surface area contributed by atoms with Gasteiger partial charge in [0, 0.05) is 16.6 Å². The number of nitrogens with one attached hydrogen (secondary N) is 2. The van der Waals surface area contributed by atoms with Crippen LogP contribution < -0.4 is 21.5 Å². The first-order valence-corrected chi connectivity index (χ1v) is 11.4. The van der Waals surface area contributed by atoms with Gasteiger partial charge in [-0.05, 0) is 35.9 Å². The number of rotatable bonds is 7. The van der Waals surface area contributed by atoms with Gasteiger partial charge in [0.25, 0.3) is 11.8 Å². The van der Waals surface area contributed by atoms with Gasteiger partial charge in [-0.1, -0.05) is 42.5 Å². The monoisotopic (exact) mass is 496 g/mol. The summed E-state index contributed by atoms with van der Waals surface area (Å²) in [6.45, 7) is 0. The molecule has 5 aromatic rings. The van der Waals surface area contributed by atoms with Crippen molar-refractivity contribution < 1.29 is 19.4 Å². The Hall–Kier alpha value is -4.96. The predicted octanol–water partition coefficient (Wildman–Crippen LogP) is 2.93. The molecule has 0 radical (unpaired) electrons.